The van der Waals surface area contributed by atoms with Gasteiger partial charge in [-0.25, -0.2) is 0 Å². The van der Waals surface area contributed by atoms with Crippen molar-refractivity contribution in [1.29, 1.82) is 0 Å². The highest BCUT2D eigenvalue weighted by Gasteiger charge is 2.24. The van der Waals surface area contributed by atoms with E-state index in [9.17, 15) is 4.79 Å². The minimum absolute atomic E-state index is 0.157. The molecule has 1 aromatic carbocycles. The molecule has 0 spiro atoms. The average Bonchev–Trinajstić information content (AvgIpc) is 3.26. The number of H-pyrrole nitrogens is 1. The van der Waals surface area contributed by atoms with Crippen LogP contribution in [0.2, 0.25) is 0 Å². The summed E-state index contributed by atoms with van der Waals surface area (Å²) >= 11 is 0. The van der Waals surface area contributed by atoms with Gasteiger partial charge >= 0.3 is 0 Å². The molecule has 5 heteroatoms. The van der Waals surface area contributed by atoms with E-state index >= 15 is 0 Å². The highest BCUT2D eigenvalue weighted by atomic mass is 16.1. The van der Waals surface area contributed by atoms with Gasteiger partial charge in [0.2, 0.25) is 0 Å². The van der Waals surface area contributed by atoms with Crippen molar-refractivity contribution < 1.29 is 0 Å². The van der Waals surface area contributed by atoms with Gasteiger partial charge in [0, 0.05) is 12.5 Å². The third kappa shape index (κ3) is 2.54. The summed E-state index contributed by atoms with van der Waals surface area (Å²) in [6, 6.07) is 10.6. The number of fused-ring (bicyclic) bond motifs is 1. The van der Waals surface area contributed by atoms with Crippen LogP contribution >= 0.6 is 0 Å². The molecule has 124 valence electrons. The Morgan fingerprint density at radius 2 is 1.96 bits per heavy atom. The molecule has 0 aliphatic heterocycles. The lowest BCUT2D eigenvalue weighted by atomic mass is 10.1. The van der Waals surface area contributed by atoms with Gasteiger partial charge in [-0.05, 0) is 24.8 Å². The lowest BCUT2D eigenvalue weighted by Gasteiger charge is -2.20. The number of hydrogen-bond donors (Lipinski definition) is 1. The SMILES string of the molecule is CCc1n[nH]c2c1c(=O)nc(Cc1ccccc1)n2C1CCCC1. The summed E-state index contributed by atoms with van der Waals surface area (Å²) in [5, 5.41) is 8.16. The number of nitrogens with one attached hydrogen (secondary N) is 1. The van der Waals surface area contributed by atoms with E-state index < -0.39 is 0 Å². The Morgan fingerprint density at radius 3 is 2.67 bits per heavy atom. The zero-order chi connectivity index (χ0) is 16.5. The molecule has 0 bridgehead atoms. The zero-order valence-corrected chi connectivity index (χ0v) is 14.0. The highest BCUT2D eigenvalue weighted by Crippen LogP contribution is 2.32. The van der Waals surface area contributed by atoms with Crippen molar-refractivity contribution in [3.63, 3.8) is 0 Å². The normalized spacial score (nSPS) is 15.4. The summed E-state index contributed by atoms with van der Waals surface area (Å²) in [6.07, 6.45) is 6.15. The molecule has 0 unspecified atom stereocenters. The quantitative estimate of drug-likeness (QED) is 0.801. The minimum Gasteiger partial charge on any atom is -0.311 e. The van der Waals surface area contributed by atoms with Crippen LogP contribution in [0.15, 0.2) is 35.1 Å². The van der Waals surface area contributed by atoms with Crippen LogP contribution in [0.1, 0.15) is 55.7 Å². The van der Waals surface area contributed by atoms with E-state index in [0.29, 0.717) is 17.8 Å². The molecule has 1 aliphatic rings. The summed E-state index contributed by atoms with van der Waals surface area (Å²) in [5.41, 5.74) is 2.69. The van der Waals surface area contributed by atoms with Crippen LogP contribution in [0.5, 0.6) is 0 Å². The molecule has 0 saturated heterocycles. The maximum absolute atomic E-state index is 12.6. The van der Waals surface area contributed by atoms with Crippen molar-refractivity contribution in [2.24, 2.45) is 0 Å². The molecule has 24 heavy (non-hydrogen) atoms. The summed E-state index contributed by atoms with van der Waals surface area (Å²) in [7, 11) is 0. The number of hydrogen-bond acceptors (Lipinski definition) is 3. The molecule has 0 radical (unpaired) electrons. The van der Waals surface area contributed by atoms with E-state index in [4.69, 9.17) is 0 Å². The summed E-state index contributed by atoms with van der Waals surface area (Å²) in [6.45, 7) is 2.02. The van der Waals surface area contributed by atoms with Gasteiger partial charge in [-0.15, -0.1) is 0 Å². The van der Waals surface area contributed by atoms with Gasteiger partial charge in [-0.3, -0.25) is 9.89 Å². The standard InChI is InChI=1S/C19H22N4O/c1-2-15-17-18(22-21-15)23(14-10-6-7-11-14)16(20-19(17)24)12-13-8-4-3-5-9-13/h3-5,8-9,14H,2,6-7,10-12H2,1H3,(H,21,22). The Morgan fingerprint density at radius 1 is 1.21 bits per heavy atom. The van der Waals surface area contributed by atoms with Crippen molar-refractivity contribution in [2.45, 2.75) is 51.5 Å². The molecular weight excluding hydrogens is 300 g/mol. The second-order valence-corrected chi connectivity index (χ2v) is 6.55. The fourth-order valence-corrected chi connectivity index (χ4v) is 3.84. The van der Waals surface area contributed by atoms with Crippen LogP contribution in [0.25, 0.3) is 11.0 Å². The van der Waals surface area contributed by atoms with E-state index in [0.717, 1.165) is 36.4 Å². The molecule has 0 atom stereocenters. The Bertz CT molecular complexity index is 904. The first-order valence-electron chi connectivity index (χ1n) is 8.80. The first-order chi connectivity index (χ1) is 11.8. The Labute approximate surface area is 140 Å². The van der Waals surface area contributed by atoms with E-state index in [1.54, 1.807) is 0 Å². The summed E-state index contributed by atoms with van der Waals surface area (Å²) in [5.74, 6) is 0.844. The Hall–Kier alpha value is -2.43. The van der Waals surface area contributed by atoms with Gasteiger partial charge in [0.05, 0.1) is 5.69 Å². The first-order valence-corrected chi connectivity index (χ1v) is 8.80. The van der Waals surface area contributed by atoms with Crippen molar-refractivity contribution in [3.05, 3.63) is 57.8 Å². The molecule has 3 aromatic rings. The molecule has 0 amide bonds. The summed E-state index contributed by atoms with van der Waals surface area (Å²) < 4.78 is 2.25. The van der Waals surface area contributed by atoms with E-state index in [1.165, 1.54) is 18.4 Å². The third-order valence-electron chi connectivity index (χ3n) is 5.02. The Kier molecular flexibility index (Phi) is 3.92. The topological polar surface area (TPSA) is 63.6 Å². The van der Waals surface area contributed by atoms with Gasteiger partial charge < -0.3 is 4.57 Å². The molecular formula is C19H22N4O. The predicted octanol–water partition coefficient (Wildman–Crippen LogP) is 3.39. The van der Waals surface area contributed by atoms with Crippen molar-refractivity contribution in [2.75, 3.05) is 0 Å². The second-order valence-electron chi connectivity index (χ2n) is 6.55. The van der Waals surface area contributed by atoms with Gasteiger partial charge in [0.25, 0.3) is 5.56 Å². The summed E-state index contributed by atoms with van der Waals surface area (Å²) in [4.78, 5) is 17.1. The lowest BCUT2D eigenvalue weighted by Crippen LogP contribution is -2.22. The van der Waals surface area contributed by atoms with Crippen LogP contribution in [-0.4, -0.2) is 19.7 Å². The minimum atomic E-state index is -0.157. The molecule has 4 rings (SSSR count). The first kappa shape index (κ1) is 15.1. The van der Waals surface area contributed by atoms with Crippen LogP contribution in [0.4, 0.5) is 0 Å². The van der Waals surface area contributed by atoms with Crippen LogP contribution < -0.4 is 5.56 Å². The third-order valence-corrected chi connectivity index (χ3v) is 5.02. The smallest absolute Gasteiger partial charge is 0.284 e. The average molecular weight is 322 g/mol. The number of aromatic nitrogens is 4. The van der Waals surface area contributed by atoms with Crippen molar-refractivity contribution >= 4 is 11.0 Å². The number of benzene rings is 1. The fraction of sp³-hybridized carbons (Fsp3) is 0.421. The number of aryl methyl sites for hydroxylation is 1. The predicted molar refractivity (Wildman–Crippen MR) is 94.3 cm³/mol. The van der Waals surface area contributed by atoms with E-state index in [-0.39, 0.29) is 5.56 Å². The number of nitrogens with zero attached hydrogens (tertiary/aromatic N) is 3. The zero-order valence-electron chi connectivity index (χ0n) is 14.0. The van der Waals surface area contributed by atoms with Crippen molar-refractivity contribution in [1.82, 2.24) is 19.7 Å². The van der Waals surface area contributed by atoms with Gasteiger partial charge in [-0.1, -0.05) is 50.1 Å². The van der Waals surface area contributed by atoms with E-state index in [1.807, 2.05) is 25.1 Å². The monoisotopic (exact) mass is 322 g/mol. The molecule has 2 heterocycles. The molecule has 5 nitrogen and oxygen atoms in total. The fourth-order valence-electron chi connectivity index (χ4n) is 3.84. The molecule has 2 aromatic heterocycles. The largest absolute Gasteiger partial charge is 0.311 e. The number of aromatic amines is 1. The van der Waals surface area contributed by atoms with Crippen LogP contribution in [0, 0.1) is 0 Å². The molecule has 1 N–H and O–H groups in total. The van der Waals surface area contributed by atoms with Crippen LogP contribution in [-0.2, 0) is 12.8 Å². The molecule has 1 aliphatic carbocycles. The maximum Gasteiger partial charge on any atom is 0.284 e. The number of rotatable bonds is 4. The van der Waals surface area contributed by atoms with E-state index in [2.05, 4.69) is 31.9 Å². The molecule has 1 fully saturated rings. The van der Waals surface area contributed by atoms with Gasteiger partial charge in [0.15, 0.2) is 0 Å². The second kappa shape index (κ2) is 6.23. The van der Waals surface area contributed by atoms with Gasteiger partial charge in [0.1, 0.15) is 16.9 Å². The van der Waals surface area contributed by atoms with Crippen LogP contribution in [0.3, 0.4) is 0 Å². The maximum atomic E-state index is 12.6. The van der Waals surface area contributed by atoms with Crippen molar-refractivity contribution in [3.8, 4) is 0 Å². The van der Waals surface area contributed by atoms with Gasteiger partial charge in [-0.2, -0.15) is 10.1 Å². The Balaban J connectivity index is 1.91. The lowest BCUT2D eigenvalue weighted by molar-refractivity contribution is 0.502. The molecule has 1 saturated carbocycles. The highest BCUT2D eigenvalue weighted by molar-refractivity contribution is 5.77.